The number of fused-ring (bicyclic) bond motifs is 1. The highest BCUT2D eigenvalue weighted by Crippen LogP contribution is 2.39. The maximum Gasteiger partial charge on any atom is -0.0195 e. The van der Waals surface area contributed by atoms with Gasteiger partial charge in [0.05, 0.1) is 0 Å². The van der Waals surface area contributed by atoms with E-state index >= 15 is 0 Å². The highest BCUT2D eigenvalue weighted by molar-refractivity contribution is 4.78. The quantitative estimate of drug-likeness (QED) is 0.593. The van der Waals surface area contributed by atoms with Crippen molar-refractivity contribution in [2.75, 3.05) is 7.05 Å². The summed E-state index contributed by atoms with van der Waals surface area (Å²) < 4.78 is 0. The highest BCUT2D eigenvalue weighted by atomic mass is 14.4. The van der Waals surface area contributed by atoms with E-state index in [-0.39, 0.29) is 0 Å². The second-order valence-corrected chi connectivity index (χ2v) is 4.09. The smallest absolute Gasteiger partial charge is 0.0195 e. The van der Waals surface area contributed by atoms with Gasteiger partial charge in [-0.1, -0.05) is 51.4 Å². The summed E-state index contributed by atoms with van der Waals surface area (Å²) in [6.45, 7) is 0. The van der Waals surface area contributed by atoms with E-state index in [0.717, 1.165) is 11.8 Å². The van der Waals surface area contributed by atoms with Crippen LogP contribution in [0, 0.1) is 11.8 Å². The van der Waals surface area contributed by atoms with Gasteiger partial charge in [0.15, 0.2) is 0 Å². The minimum Gasteiger partial charge on any atom is -0.333 e. The maximum absolute atomic E-state index is 4.50. The van der Waals surface area contributed by atoms with Gasteiger partial charge in [-0.15, -0.1) is 0 Å². The number of hydrogen-bond acceptors (Lipinski definition) is 1. The van der Waals surface area contributed by atoms with Gasteiger partial charge in [0.25, 0.3) is 0 Å². The lowest BCUT2D eigenvalue weighted by molar-refractivity contribution is 0.171. The lowest BCUT2D eigenvalue weighted by atomic mass is 9.71. The van der Waals surface area contributed by atoms with Crippen molar-refractivity contribution in [1.82, 2.24) is 0 Å². The Morgan fingerprint density at radius 2 is 0.917 bits per heavy atom. The van der Waals surface area contributed by atoms with Crippen molar-refractivity contribution in [3.8, 4) is 0 Å². The first-order valence-corrected chi connectivity index (χ1v) is 5.54. The van der Waals surface area contributed by atoms with Crippen molar-refractivity contribution in [2.45, 2.75) is 51.4 Å². The summed E-state index contributed by atoms with van der Waals surface area (Å²) in [6, 6.07) is 0. The third-order valence-corrected chi connectivity index (χ3v) is 3.47. The molecule has 0 aromatic carbocycles. The van der Waals surface area contributed by atoms with Crippen LogP contribution in [0.15, 0.2) is 0 Å². The van der Waals surface area contributed by atoms with Gasteiger partial charge in [-0.2, -0.15) is 0 Å². The molecule has 2 N–H and O–H groups in total. The highest BCUT2D eigenvalue weighted by Gasteiger charge is 2.26. The Hall–Kier alpha value is -0.0400. The number of nitrogens with two attached hydrogens (primary N) is 1. The Labute approximate surface area is 76.7 Å². The monoisotopic (exact) mass is 169 g/mol. The van der Waals surface area contributed by atoms with Gasteiger partial charge >= 0.3 is 0 Å². The number of rotatable bonds is 0. The van der Waals surface area contributed by atoms with E-state index < -0.39 is 0 Å². The van der Waals surface area contributed by atoms with Crippen LogP contribution in [-0.2, 0) is 0 Å². The first kappa shape index (κ1) is 10.0. The summed E-state index contributed by atoms with van der Waals surface area (Å²) in [5.41, 5.74) is 4.50. The van der Waals surface area contributed by atoms with E-state index in [1.54, 1.807) is 25.7 Å². The van der Waals surface area contributed by atoms with Crippen LogP contribution in [0.3, 0.4) is 0 Å². The van der Waals surface area contributed by atoms with E-state index in [1.165, 1.54) is 32.7 Å². The molecule has 0 spiro atoms. The zero-order chi connectivity index (χ0) is 8.81. The molecular formula is C11H23N. The molecule has 72 valence electrons. The topological polar surface area (TPSA) is 26.0 Å². The molecule has 0 bridgehead atoms. The summed E-state index contributed by atoms with van der Waals surface area (Å²) in [4.78, 5) is 0. The molecule has 2 aliphatic carbocycles. The summed E-state index contributed by atoms with van der Waals surface area (Å²) in [5.74, 6) is 2.31. The third-order valence-electron chi connectivity index (χ3n) is 3.47. The summed E-state index contributed by atoms with van der Waals surface area (Å²) >= 11 is 0. The van der Waals surface area contributed by atoms with Crippen LogP contribution < -0.4 is 5.73 Å². The van der Waals surface area contributed by atoms with Crippen molar-refractivity contribution in [3.05, 3.63) is 0 Å². The van der Waals surface area contributed by atoms with Gasteiger partial charge in [0.2, 0.25) is 0 Å². The fourth-order valence-corrected chi connectivity index (χ4v) is 2.86. The Morgan fingerprint density at radius 1 is 0.667 bits per heavy atom. The van der Waals surface area contributed by atoms with Crippen LogP contribution in [-0.4, -0.2) is 7.05 Å². The molecule has 2 rings (SSSR count). The summed E-state index contributed by atoms with van der Waals surface area (Å²) in [6.07, 6.45) is 12.4. The Bertz CT molecular complexity index is 85.6. The van der Waals surface area contributed by atoms with E-state index in [2.05, 4.69) is 5.73 Å². The van der Waals surface area contributed by atoms with Gasteiger partial charge in [-0.05, 0) is 18.9 Å². The fourth-order valence-electron chi connectivity index (χ4n) is 2.86. The first-order chi connectivity index (χ1) is 5.97. The van der Waals surface area contributed by atoms with Crippen LogP contribution >= 0.6 is 0 Å². The normalized spacial score (nSPS) is 34.5. The molecule has 2 fully saturated rings. The molecule has 0 radical (unpaired) electrons. The minimum atomic E-state index is 1.16. The van der Waals surface area contributed by atoms with E-state index in [9.17, 15) is 0 Å². The summed E-state index contributed by atoms with van der Waals surface area (Å²) in [7, 11) is 1.50. The minimum absolute atomic E-state index is 1.16. The summed E-state index contributed by atoms with van der Waals surface area (Å²) in [5, 5.41) is 0. The van der Waals surface area contributed by atoms with Gasteiger partial charge in [0.1, 0.15) is 0 Å². The molecule has 1 nitrogen and oxygen atoms in total. The van der Waals surface area contributed by atoms with Crippen molar-refractivity contribution >= 4 is 0 Å². The molecule has 0 atom stereocenters. The first-order valence-electron chi connectivity index (χ1n) is 5.54. The van der Waals surface area contributed by atoms with Crippen molar-refractivity contribution in [1.29, 1.82) is 0 Å². The molecular weight excluding hydrogens is 146 g/mol. The number of hydrogen-bond donors (Lipinski definition) is 1. The van der Waals surface area contributed by atoms with Gasteiger partial charge < -0.3 is 5.73 Å². The third kappa shape index (κ3) is 2.48. The molecule has 2 aliphatic rings. The molecule has 0 amide bonds. The largest absolute Gasteiger partial charge is 0.333 e. The molecule has 0 aliphatic heterocycles. The predicted molar refractivity (Wildman–Crippen MR) is 54.0 cm³/mol. The average Bonchev–Trinajstić information content (AvgIpc) is 2.21. The predicted octanol–water partition coefficient (Wildman–Crippen LogP) is 2.94. The molecule has 0 aromatic rings. The molecule has 1 heteroatoms. The van der Waals surface area contributed by atoms with Crippen LogP contribution in [0.1, 0.15) is 51.4 Å². The van der Waals surface area contributed by atoms with Gasteiger partial charge in [0, 0.05) is 0 Å². The average molecular weight is 169 g/mol. The molecule has 0 heterocycles. The van der Waals surface area contributed by atoms with Crippen molar-refractivity contribution in [2.24, 2.45) is 17.6 Å². The standard InChI is InChI=1S/C10H18.CH5N/c1-2-6-10-8-4-3-7-9(10)5-1;1-2/h9-10H,1-8H2;2H2,1H3. The van der Waals surface area contributed by atoms with E-state index in [4.69, 9.17) is 0 Å². The van der Waals surface area contributed by atoms with E-state index in [1.807, 2.05) is 0 Å². The maximum atomic E-state index is 4.50. The van der Waals surface area contributed by atoms with Crippen molar-refractivity contribution < 1.29 is 0 Å². The lowest BCUT2D eigenvalue weighted by Gasteiger charge is -2.35. The second-order valence-electron chi connectivity index (χ2n) is 4.09. The van der Waals surface area contributed by atoms with Gasteiger partial charge in [-0.3, -0.25) is 0 Å². The van der Waals surface area contributed by atoms with Crippen LogP contribution in [0.2, 0.25) is 0 Å². The lowest BCUT2D eigenvalue weighted by Crippen LogP contribution is -2.22. The Balaban J connectivity index is 0.000000336. The van der Waals surface area contributed by atoms with E-state index in [0.29, 0.717) is 0 Å². The molecule has 0 saturated heterocycles. The fraction of sp³-hybridized carbons (Fsp3) is 1.00. The van der Waals surface area contributed by atoms with Crippen LogP contribution in [0.25, 0.3) is 0 Å². The molecule has 0 aromatic heterocycles. The Kier molecular flexibility index (Phi) is 4.67. The SMILES string of the molecule is C1CCC2CCCCC2C1.CN. The zero-order valence-electron chi connectivity index (χ0n) is 8.39. The second kappa shape index (κ2) is 5.58. The zero-order valence-corrected chi connectivity index (χ0v) is 8.39. The van der Waals surface area contributed by atoms with Crippen LogP contribution in [0.4, 0.5) is 0 Å². The Morgan fingerprint density at radius 3 is 1.17 bits per heavy atom. The molecule has 2 saturated carbocycles. The molecule has 12 heavy (non-hydrogen) atoms. The van der Waals surface area contributed by atoms with Crippen LogP contribution in [0.5, 0.6) is 0 Å². The molecule has 0 unspecified atom stereocenters. The van der Waals surface area contributed by atoms with Crippen molar-refractivity contribution in [3.63, 3.8) is 0 Å². The van der Waals surface area contributed by atoms with Gasteiger partial charge in [-0.25, -0.2) is 0 Å².